The third-order valence-electron chi connectivity index (χ3n) is 3.51. The number of aromatic nitrogens is 2. The lowest BCUT2D eigenvalue weighted by Crippen LogP contribution is -2.54. The van der Waals surface area contributed by atoms with Gasteiger partial charge in [0.15, 0.2) is 0 Å². The highest BCUT2D eigenvalue weighted by Gasteiger charge is 2.37. The first-order valence-corrected chi connectivity index (χ1v) is 6.70. The maximum atomic E-state index is 12.4. The molecule has 1 amide bonds. The van der Waals surface area contributed by atoms with Gasteiger partial charge in [0.2, 0.25) is 5.91 Å². The van der Waals surface area contributed by atoms with E-state index < -0.39 is 18.1 Å². The van der Waals surface area contributed by atoms with Crippen molar-refractivity contribution in [3.05, 3.63) is 17.7 Å². The molecule has 2 rings (SSSR count). The minimum atomic E-state index is -1.02. The number of nitrogens with zero attached hydrogens (tertiary/aromatic N) is 2. The summed E-state index contributed by atoms with van der Waals surface area (Å²) in [4.78, 5) is 32.1. The molecule has 2 unspecified atom stereocenters. The van der Waals surface area contributed by atoms with Gasteiger partial charge in [-0.3, -0.25) is 4.79 Å². The van der Waals surface area contributed by atoms with E-state index in [1.54, 1.807) is 0 Å². The molecule has 1 aromatic heterocycles. The Hall–Kier alpha value is -1.89. The fourth-order valence-electron chi connectivity index (χ4n) is 2.51. The number of carbonyl (C=O) groups is 2. The minimum Gasteiger partial charge on any atom is -0.480 e. The Labute approximate surface area is 117 Å². The highest BCUT2D eigenvalue weighted by molar-refractivity contribution is 5.87. The molecule has 0 spiro atoms. The number of nitrogens with two attached hydrogens (primary N) is 1. The lowest BCUT2D eigenvalue weighted by atomic mass is 9.98. The Balaban J connectivity index is 2.20. The molecule has 1 aliphatic heterocycles. The van der Waals surface area contributed by atoms with Crippen molar-refractivity contribution in [2.45, 2.75) is 45.3 Å². The molecule has 20 heavy (non-hydrogen) atoms. The van der Waals surface area contributed by atoms with Gasteiger partial charge in [0.1, 0.15) is 6.04 Å². The van der Waals surface area contributed by atoms with Crippen LogP contribution >= 0.6 is 0 Å². The minimum absolute atomic E-state index is 0.217. The number of hydrogen-bond acceptors (Lipinski definition) is 4. The van der Waals surface area contributed by atoms with Crippen LogP contribution in [0.25, 0.3) is 0 Å². The lowest BCUT2D eigenvalue weighted by molar-refractivity contribution is -0.152. The smallest absolute Gasteiger partial charge is 0.326 e. The SMILES string of the molecule is CC(C)CC(N)C(=O)N1Cc2[nH]cnc2CC1C(=O)O. The van der Waals surface area contributed by atoms with Gasteiger partial charge in [-0.25, -0.2) is 9.78 Å². The Kier molecular flexibility index (Phi) is 4.08. The maximum absolute atomic E-state index is 12.4. The zero-order chi connectivity index (χ0) is 14.9. The molecule has 0 radical (unpaired) electrons. The van der Waals surface area contributed by atoms with Crippen molar-refractivity contribution in [1.82, 2.24) is 14.9 Å². The van der Waals surface area contributed by atoms with Crippen molar-refractivity contribution in [2.24, 2.45) is 11.7 Å². The topological polar surface area (TPSA) is 112 Å². The quantitative estimate of drug-likeness (QED) is 0.725. The zero-order valence-electron chi connectivity index (χ0n) is 11.7. The summed E-state index contributed by atoms with van der Waals surface area (Å²) in [5.41, 5.74) is 7.39. The molecule has 0 saturated carbocycles. The molecule has 110 valence electrons. The number of carboxylic acid groups (broad SMARTS) is 1. The predicted octanol–water partition coefficient (Wildman–Crippen LogP) is 0.121. The summed E-state index contributed by atoms with van der Waals surface area (Å²) in [5, 5.41) is 9.31. The number of aromatic amines is 1. The van der Waals surface area contributed by atoms with Crippen LogP contribution in [0, 0.1) is 5.92 Å². The Bertz CT molecular complexity index is 511. The van der Waals surface area contributed by atoms with Crippen LogP contribution in [0.4, 0.5) is 0 Å². The molecule has 0 aliphatic carbocycles. The van der Waals surface area contributed by atoms with E-state index in [9.17, 15) is 14.7 Å². The zero-order valence-corrected chi connectivity index (χ0v) is 11.7. The average Bonchev–Trinajstić information content (AvgIpc) is 2.82. The van der Waals surface area contributed by atoms with Crippen LogP contribution in [0.2, 0.25) is 0 Å². The molecule has 0 fully saturated rings. The Morgan fingerprint density at radius 2 is 2.30 bits per heavy atom. The molecule has 0 saturated heterocycles. The van der Waals surface area contributed by atoms with Gasteiger partial charge in [-0.1, -0.05) is 13.8 Å². The number of aliphatic carboxylic acids is 1. The summed E-state index contributed by atoms with van der Waals surface area (Å²) in [6.07, 6.45) is 2.28. The molecular weight excluding hydrogens is 260 g/mol. The normalized spacial score (nSPS) is 19.8. The molecule has 0 aromatic carbocycles. The number of hydrogen-bond donors (Lipinski definition) is 3. The third kappa shape index (κ3) is 2.82. The first-order valence-electron chi connectivity index (χ1n) is 6.70. The largest absolute Gasteiger partial charge is 0.480 e. The van der Waals surface area contributed by atoms with Crippen molar-refractivity contribution in [1.29, 1.82) is 0 Å². The molecule has 7 heteroatoms. The summed E-state index contributed by atoms with van der Waals surface area (Å²) in [6, 6.07) is -1.56. The number of rotatable bonds is 4. The number of nitrogens with one attached hydrogen (secondary N) is 1. The first kappa shape index (κ1) is 14.5. The van der Waals surface area contributed by atoms with Crippen molar-refractivity contribution in [3.63, 3.8) is 0 Å². The van der Waals surface area contributed by atoms with E-state index in [4.69, 9.17) is 5.73 Å². The van der Waals surface area contributed by atoms with Gasteiger partial charge in [0, 0.05) is 6.42 Å². The number of carbonyl (C=O) groups excluding carboxylic acids is 1. The Morgan fingerprint density at radius 3 is 2.90 bits per heavy atom. The number of carboxylic acids is 1. The van der Waals surface area contributed by atoms with Gasteiger partial charge in [0.25, 0.3) is 0 Å². The van der Waals surface area contributed by atoms with Crippen LogP contribution in [0.15, 0.2) is 6.33 Å². The maximum Gasteiger partial charge on any atom is 0.326 e. The summed E-state index contributed by atoms with van der Waals surface area (Å²) in [6.45, 7) is 4.17. The summed E-state index contributed by atoms with van der Waals surface area (Å²) >= 11 is 0. The van der Waals surface area contributed by atoms with E-state index in [2.05, 4.69) is 9.97 Å². The molecular formula is C13H20N4O3. The second-order valence-electron chi connectivity index (χ2n) is 5.59. The van der Waals surface area contributed by atoms with Crippen LogP contribution in [-0.4, -0.2) is 43.9 Å². The van der Waals surface area contributed by atoms with Gasteiger partial charge >= 0.3 is 5.97 Å². The van der Waals surface area contributed by atoms with Crippen LogP contribution < -0.4 is 5.73 Å². The highest BCUT2D eigenvalue weighted by atomic mass is 16.4. The van der Waals surface area contributed by atoms with Crippen molar-refractivity contribution < 1.29 is 14.7 Å². The van der Waals surface area contributed by atoms with E-state index in [1.807, 2.05) is 13.8 Å². The fraction of sp³-hybridized carbons (Fsp3) is 0.615. The van der Waals surface area contributed by atoms with Crippen molar-refractivity contribution in [3.8, 4) is 0 Å². The molecule has 0 bridgehead atoms. The third-order valence-corrected chi connectivity index (χ3v) is 3.51. The highest BCUT2D eigenvalue weighted by Crippen LogP contribution is 2.22. The fourth-order valence-corrected chi connectivity index (χ4v) is 2.51. The Morgan fingerprint density at radius 1 is 1.60 bits per heavy atom. The average molecular weight is 280 g/mol. The summed E-state index contributed by atoms with van der Waals surface area (Å²) in [5.74, 6) is -1.06. The molecule has 1 aliphatic rings. The van der Waals surface area contributed by atoms with Crippen LogP contribution in [0.5, 0.6) is 0 Å². The van der Waals surface area contributed by atoms with Crippen LogP contribution in [0.3, 0.4) is 0 Å². The van der Waals surface area contributed by atoms with E-state index in [-0.39, 0.29) is 24.8 Å². The number of H-pyrrole nitrogens is 1. The summed E-state index contributed by atoms with van der Waals surface area (Å²) in [7, 11) is 0. The van der Waals surface area contributed by atoms with Gasteiger partial charge < -0.3 is 20.7 Å². The first-order chi connectivity index (χ1) is 9.40. The standard InChI is InChI=1S/C13H20N4O3/c1-7(2)3-8(14)12(18)17-5-10-9(15-6-16-10)4-11(17)13(19)20/h6-8,11H,3-5,14H2,1-2H3,(H,15,16)(H,19,20). The lowest BCUT2D eigenvalue weighted by Gasteiger charge is -2.34. The monoisotopic (exact) mass is 280 g/mol. The number of amides is 1. The van der Waals surface area contributed by atoms with Gasteiger partial charge in [0.05, 0.1) is 30.3 Å². The van der Waals surface area contributed by atoms with Crippen molar-refractivity contribution >= 4 is 11.9 Å². The second kappa shape index (κ2) is 5.62. The molecule has 2 atom stereocenters. The number of imidazole rings is 1. The van der Waals surface area contributed by atoms with E-state index in [0.29, 0.717) is 12.1 Å². The van der Waals surface area contributed by atoms with Gasteiger partial charge in [-0.05, 0) is 12.3 Å². The molecule has 7 nitrogen and oxygen atoms in total. The van der Waals surface area contributed by atoms with E-state index >= 15 is 0 Å². The molecule has 4 N–H and O–H groups in total. The van der Waals surface area contributed by atoms with Gasteiger partial charge in [-0.15, -0.1) is 0 Å². The number of fused-ring (bicyclic) bond motifs is 1. The predicted molar refractivity (Wildman–Crippen MR) is 71.7 cm³/mol. The second-order valence-corrected chi connectivity index (χ2v) is 5.59. The van der Waals surface area contributed by atoms with Crippen molar-refractivity contribution in [2.75, 3.05) is 0 Å². The molecule has 1 aromatic rings. The molecule has 2 heterocycles. The van der Waals surface area contributed by atoms with Crippen LogP contribution in [-0.2, 0) is 22.6 Å². The van der Waals surface area contributed by atoms with E-state index in [0.717, 1.165) is 5.69 Å². The van der Waals surface area contributed by atoms with Crippen LogP contribution in [0.1, 0.15) is 31.7 Å². The summed E-state index contributed by atoms with van der Waals surface area (Å²) < 4.78 is 0. The van der Waals surface area contributed by atoms with Gasteiger partial charge in [-0.2, -0.15) is 0 Å². The van der Waals surface area contributed by atoms with E-state index in [1.165, 1.54) is 11.2 Å².